The Labute approximate surface area is 176 Å². The van der Waals surface area contributed by atoms with Gasteiger partial charge in [0.05, 0.1) is 11.0 Å². The van der Waals surface area contributed by atoms with Crippen LogP contribution in [0.15, 0.2) is 24.3 Å². The fourth-order valence-electron chi connectivity index (χ4n) is 4.29. The van der Waals surface area contributed by atoms with Crippen LogP contribution in [0.2, 0.25) is 0 Å². The van der Waals surface area contributed by atoms with Crippen LogP contribution in [0.1, 0.15) is 51.8 Å². The van der Waals surface area contributed by atoms with Crippen molar-refractivity contribution in [2.45, 2.75) is 58.9 Å². The molecular formula is C23H29N5O2. The van der Waals surface area contributed by atoms with Crippen LogP contribution in [0.5, 0.6) is 0 Å². The van der Waals surface area contributed by atoms with E-state index in [9.17, 15) is 9.59 Å². The summed E-state index contributed by atoms with van der Waals surface area (Å²) in [6, 6.07) is 8.01. The molecule has 1 aliphatic heterocycles. The van der Waals surface area contributed by atoms with Crippen molar-refractivity contribution in [3.05, 3.63) is 30.1 Å². The third-order valence-electron chi connectivity index (χ3n) is 5.93. The van der Waals surface area contributed by atoms with Crippen LogP contribution in [0.4, 0.5) is 5.82 Å². The summed E-state index contributed by atoms with van der Waals surface area (Å²) in [6.45, 7) is 5.25. The highest BCUT2D eigenvalue weighted by atomic mass is 16.2. The van der Waals surface area contributed by atoms with Crippen LogP contribution < -0.4 is 5.73 Å². The lowest BCUT2D eigenvalue weighted by Crippen LogP contribution is -2.31. The highest BCUT2D eigenvalue weighted by Crippen LogP contribution is 2.29. The molecule has 0 saturated carbocycles. The number of nitrogen functional groups attached to an aromatic ring is 1. The molecule has 1 saturated heterocycles. The predicted octanol–water partition coefficient (Wildman–Crippen LogP) is 3.68. The number of amides is 2. The molecular weight excluding hydrogens is 378 g/mol. The van der Waals surface area contributed by atoms with Crippen molar-refractivity contribution >= 4 is 39.6 Å². The first-order valence-corrected chi connectivity index (χ1v) is 10.9. The van der Waals surface area contributed by atoms with Crippen molar-refractivity contribution in [2.24, 2.45) is 5.92 Å². The third-order valence-corrected chi connectivity index (χ3v) is 5.93. The van der Waals surface area contributed by atoms with Gasteiger partial charge in [-0.3, -0.25) is 14.5 Å². The summed E-state index contributed by atoms with van der Waals surface area (Å²) in [4.78, 5) is 35.0. The number of likely N-dealkylation sites (tertiary alicyclic amines) is 1. The molecule has 0 bridgehead atoms. The van der Waals surface area contributed by atoms with Gasteiger partial charge in [0.25, 0.3) is 0 Å². The second kappa shape index (κ2) is 8.42. The smallest absolute Gasteiger partial charge is 0.232 e. The quantitative estimate of drug-likeness (QED) is 0.454. The summed E-state index contributed by atoms with van der Waals surface area (Å²) < 4.78 is 2.27. The fourth-order valence-corrected chi connectivity index (χ4v) is 4.29. The maximum Gasteiger partial charge on any atom is 0.232 e. The minimum absolute atomic E-state index is 0.0402. The Hall–Kier alpha value is -2.96. The monoisotopic (exact) mass is 407 g/mol. The van der Waals surface area contributed by atoms with Gasteiger partial charge in [-0.15, -0.1) is 0 Å². The summed E-state index contributed by atoms with van der Waals surface area (Å²) in [5.41, 5.74) is 8.91. The highest BCUT2D eigenvalue weighted by Gasteiger charge is 2.34. The summed E-state index contributed by atoms with van der Waals surface area (Å²) >= 11 is 0. The van der Waals surface area contributed by atoms with E-state index in [2.05, 4.69) is 22.5 Å². The number of unbranched alkanes of at least 4 members (excludes halogenated alkanes) is 2. The molecule has 1 unspecified atom stereocenters. The second-order valence-electron chi connectivity index (χ2n) is 8.19. The number of rotatable bonds is 8. The molecule has 1 fully saturated rings. The molecule has 158 valence electrons. The number of fused-ring (bicyclic) bond motifs is 3. The minimum Gasteiger partial charge on any atom is -0.382 e. The Morgan fingerprint density at radius 1 is 1.10 bits per heavy atom. The number of hydrogen-bond donors (Lipinski definition) is 1. The largest absolute Gasteiger partial charge is 0.382 e. The lowest BCUT2D eigenvalue weighted by molar-refractivity contribution is -0.139. The number of para-hydroxylation sites is 1. The Morgan fingerprint density at radius 3 is 2.60 bits per heavy atom. The van der Waals surface area contributed by atoms with Gasteiger partial charge in [0.1, 0.15) is 11.3 Å². The molecule has 0 aliphatic carbocycles. The number of pyridine rings is 1. The topological polar surface area (TPSA) is 94.1 Å². The number of imidazole rings is 1. The van der Waals surface area contributed by atoms with Crippen LogP contribution in [0, 0.1) is 5.92 Å². The molecule has 7 heteroatoms. The summed E-state index contributed by atoms with van der Waals surface area (Å²) in [5.74, 6) is 1.22. The van der Waals surface area contributed by atoms with Gasteiger partial charge in [-0.25, -0.2) is 9.97 Å². The molecule has 7 nitrogen and oxygen atoms in total. The number of imide groups is 1. The molecule has 2 amide bonds. The number of aromatic nitrogens is 3. The summed E-state index contributed by atoms with van der Waals surface area (Å²) in [6.07, 6.45) is 5.00. The Balaban J connectivity index is 1.60. The third kappa shape index (κ3) is 3.64. The fraction of sp³-hybridized carbons (Fsp3) is 0.478. The maximum absolute atomic E-state index is 12.1. The highest BCUT2D eigenvalue weighted by molar-refractivity contribution is 6.06. The zero-order chi connectivity index (χ0) is 21.3. The number of hydrogen-bond acceptors (Lipinski definition) is 5. The molecule has 3 heterocycles. The molecule has 1 aliphatic rings. The van der Waals surface area contributed by atoms with Gasteiger partial charge in [-0.1, -0.05) is 38.5 Å². The maximum atomic E-state index is 12.1. The van der Waals surface area contributed by atoms with E-state index in [-0.39, 0.29) is 17.7 Å². The van der Waals surface area contributed by atoms with E-state index in [0.29, 0.717) is 18.8 Å². The van der Waals surface area contributed by atoms with Crippen LogP contribution >= 0.6 is 0 Å². The standard InChI is InChI=1S/C23H29N5O2/c1-3-4-11-18-26-20-21(16-9-5-6-10-17(16)25-22(20)24)27(18)12-7-8-13-28-19(29)14-15(2)23(28)30/h5-6,9-10,15H,3-4,7-8,11-14H2,1-2H3,(H2,24,25). The zero-order valence-corrected chi connectivity index (χ0v) is 17.7. The van der Waals surface area contributed by atoms with Crippen LogP contribution in [0.3, 0.4) is 0 Å². The second-order valence-corrected chi connectivity index (χ2v) is 8.19. The minimum atomic E-state index is -0.183. The van der Waals surface area contributed by atoms with Crippen LogP contribution in [-0.2, 0) is 22.6 Å². The van der Waals surface area contributed by atoms with Crippen molar-refractivity contribution in [1.29, 1.82) is 0 Å². The van der Waals surface area contributed by atoms with E-state index < -0.39 is 0 Å². The number of carbonyl (C=O) groups excluding carboxylic acids is 2. The molecule has 2 N–H and O–H groups in total. The van der Waals surface area contributed by atoms with Gasteiger partial charge < -0.3 is 10.3 Å². The summed E-state index contributed by atoms with van der Waals surface area (Å²) in [7, 11) is 0. The van der Waals surface area contributed by atoms with Gasteiger partial charge in [0.2, 0.25) is 11.8 Å². The number of anilines is 1. The number of benzene rings is 1. The summed E-state index contributed by atoms with van der Waals surface area (Å²) in [5, 5.41) is 1.05. The van der Waals surface area contributed by atoms with E-state index in [1.807, 2.05) is 25.1 Å². The van der Waals surface area contributed by atoms with E-state index in [1.165, 1.54) is 4.90 Å². The molecule has 1 aromatic carbocycles. The number of nitrogens with zero attached hydrogens (tertiary/aromatic N) is 4. The normalized spacial score (nSPS) is 17.0. The van der Waals surface area contributed by atoms with Gasteiger partial charge >= 0.3 is 0 Å². The number of nitrogens with two attached hydrogens (primary N) is 1. The average Bonchev–Trinajstić information content (AvgIpc) is 3.22. The molecule has 1 atom stereocenters. The van der Waals surface area contributed by atoms with Crippen molar-refractivity contribution in [3.8, 4) is 0 Å². The lowest BCUT2D eigenvalue weighted by atomic mass is 10.1. The number of carbonyl (C=O) groups is 2. The zero-order valence-electron chi connectivity index (χ0n) is 17.7. The Kier molecular flexibility index (Phi) is 5.70. The van der Waals surface area contributed by atoms with Crippen molar-refractivity contribution in [1.82, 2.24) is 19.4 Å². The van der Waals surface area contributed by atoms with Crippen molar-refractivity contribution < 1.29 is 9.59 Å². The van der Waals surface area contributed by atoms with Crippen molar-refractivity contribution in [2.75, 3.05) is 12.3 Å². The van der Waals surface area contributed by atoms with E-state index in [1.54, 1.807) is 0 Å². The molecule has 2 aromatic heterocycles. The van der Waals surface area contributed by atoms with Gasteiger partial charge in [-0.2, -0.15) is 0 Å². The molecule has 4 rings (SSSR count). The van der Waals surface area contributed by atoms with E-state index in [4.69, 9.17) is 10.7 Å². The van der Waals surface area contributed by atoms with E-state index in [0.717, 1.165) is 66.4 Å². The molecule has 0 spiro atoms. The molecule has 0 radical (unpaired) electrons. The number of aryl methyl sites for hydroxylation is 2. The van der Waals surface area contributed by atoms with Crippen molar-refractivity contribution in [3.63, 3.8) is 0 Å². The van der Waals surface area contributed by atoms with E-state index >= 15 is 0 Å². The lowest BCUT2D eigenvalue weighted by Gasteiger charge is -2.15. The first-order valence-electron chi connectivity index (χ1n) is 10.9. The predicted molar refractivity (Wildman–Crippen MR) is 118 cm³/mol. The average molecular weight is 408 g/mol. The molecule has 30 heavy (non-hydrogen) atoms. The van der Waals surface area contributed by atoms with Gasteiger partial charge in [0, 0.05) is 37.2 Å². The molecule has 3 aromatic rings. The van der Waals surface area contributed by atoms with Gasteiger partial charge in [0.15, 0.2) is 5.82 Å². The van der Waals surface area contributed by atoms with Crippen LogP contribution in [-0.4, -0.2) is 37.8 Å². The van der Waals surface area contributed by atoms with Gasteiger partial charge in [-0.05, 0) is 25.3 Å². The SMILES string of the molecule is CCCCc1nc2c(N)nc3ccccc3c2n1CCCCN1C(=O)CC(C)C1=O. The Bertz CT molecular complexity index is 1100. The Morgan fingerprint density at radius 2 is 1.87 bits per heavy atom. The van der Waals surface area contributed by atoms with Crippen LogP contribution in [0.25, 0.3) is 21.9 Å². The first-order chi connectivity index (χ1) is 14.5. The first kappa shape index (κ1) is 20.3.